The molecule has 0 saturated heterocycles. The third kappa shape index (κ3) is 2.43. The SMILES string of the molecule is NNC(c1ccc(F)c(Cl)c1)c1cnccc1N. The van der Waals surface area contributed by atoms with Gasteiger partial charge in [-0.25, -0.2) is 9.82 Å². The first kappa shape index (κ1) is 12.8. The number of nitrogens with one attached hydrogen (secondary N) is 1. The Kier molecular flexibility index (Phi) is 3.76. The molecule has 1 aromatic heterocycles. The monoisotopic (exact) mass is 266 g/mol. The molecule has 5 N–H and O–H groups in total. The standard InChI is InChI=1S/C12H12ClFN4/c13-9-5-7(1-2-10(9)14)12(18-16)8-6-17-4-3-11(8)15/h1-6,12,18H,16H2,(H2,15,17). The van der Waals surface area contributed by atoms with E-state index in [0.717, 1.165) is 0 Å². The first-order chi connectivity index (χ1) is 8.63. The summed E-state index contributed by atoms with van der Waals surface area (Å²) in [5.74, 6) is 5.05. The Morgan fingerprint density at radius 2 is 2.11 bits per heavy atom. The number of hydrogen-bond donors (Lipinski definition) is 3. The van der Waals surface area contributed by atoms with Gasteiger partial charge in [-0.3, -0.25) is 10.8 Å². The first-order valence-corrected chi connectivity index (χ1v) is 5.61. The number of rotatable bonds is 3. The second kappa shape index (κ2) is 5.30. The molecule has 4 nitrogen and oxygen atoms in total. The maximum atomic E-state index is 13.1. The van der Waals surface area contributed by atoms with E-state index < -0.39 is 11.9 Å². The third-order valence-electron chi connectivity index (χ3n) is 2.64. The Balaban J connectivity index is 2.45. The zero-order valence-electron chi connectivity index (χ0n) is 9.40. The normalized spacial score (nSPS) is 12.4. The summed E-state index contributed by atoms with van der Waals surface area (Å²) in [5.41, 5.74) is 10.5. The number of nitrogens with two attached hydrogens (primary N) is 2. The molecule has 1 aromatic carbocycles. The molecule has 1 atom stereocenters. The number of benzene rings is 1. The maximum Gasteiger partial charge on any atom is 0.141 e. The molecule has 0 amide bonds. The van der Waals surface area contributed by atoms with Gasteiger partial charge >= 0.3 is 0 Å². The lowest BCUT2D eigenvalue weighted by Crippen LogP contribution is -2.29. The number of aromatic nitrogens is 1. The van der Waals surface area contributed by atoms with Crippen molar-refractivity contribution in [2.75, 3.05) is 5.73 Å². The van der Waals surface area contributed by atoms with Crippen LogP contribution in [0.4, 0.5) is 10.1 Å². The number of nitrogens with zero attached hydrogens (tertiary/aromatic N) is 1. The summed E-state index contributed by atoms with van der Waals surface area (Å²) in [5, 5.41) is 0.0372. The van der Waals surface area contributed by atoms with Crippen LogP contribution in [-0.4, -0.2) is 4.98 Å². The molecular weight excluding hydrogens is 255 g/mol. The van der Waals surface area contributed by atoms with E-state index in [1.807, 2.05) is 0 Å². The Hall–Kier alpha value is -1.69. The van der Waals surface area contributed by atoms with Gasteiger partial charge in [0.1, 0.15) is 5.82 Å². The molecule has 6 heteroatoms. The van der Waals surface area contributed by atoms with Crippen molar-refractivity contribution in [3.05, 3.63) is 58.6 Å². The van der Waals surface area contributed by atoms with E-state index in [9.17, 15) is 4.39 Å². The van der Waals surface area contributed by atoms with E-state index >= 15 is 0 Å². The fourth-order valence-corrected chi connectivity index (χ4v) is 1.91. The average molecular weight is 267 g/mol. The molecule has 0 aliphatic rings. The molecule has 0 spiro atoms. The largest absolute Gasteiger partial charge is 0.398 e. The van der Waals surface area contributed by atoms with Crippen LogP contribution < -0.4 is 17.0 Å². The molecular formula is C12H12ClFN4. The van der Waals surface area contributed by atoms with Crippen LogP contribution in [0.2, 0.25) is 5.02 Å². The van der Waals surface area contributed by atoms with Gasteiger partial charge in [0.25, 0.3) is 0 Å². The van der Waals surface area contributed by atoms with E-state index in [-0.39, 0.29) is 5.02 Å². The Morgan fingerprint density at radius 3 is 2.72 bits per heavy atom. The smallest absolute Gasteiger partial charge is 0.141 e. The molecule has 2 aromatic rings. The van der Waals surface area contributed by atoms with Gasteiger partial charge in [0.2, 0.25) is 0 Å². The number of anilines is 1. The summed E-state index contributed by atoms with van der Waals surface area (Å²) in [6.45, 7) is 0. The van der Waals surface area contributed by atoms with E-state index in [2.05, 4.69) is 10.4 Å². The average Bonchev–Trinajstić information content (AvgIpc) is 2.37. The van der Waals surface area contributed by atoms with Crippen molar-refractivity contribution < 1.29 is 4.39 Å². The Morgan fingerprint density at radius 1 is 1.33 bits per heavy atom. The minimum atomic E-state index is -0.477. The molecule has 0 bridgehead atoms. The van der Waals surface area contributed by atoms with Crippen LogP contribution in [0.5, 0.6) is 0 Å². The van der Waals surface area contributed by atoms with Crippen molar-refractivity contribution in [2.24, 2.45) is 5.84 Å². The van der Waals surface area contributed by atoms with Crippen LogP contribution in [0, 0.1) is 5.82 Å². The molecule has 0 fully saturated rings. The van der Waals surface area contributed by atoms with Gasteiger partial charge in [0, 0.05) is 23.6 Å². The number of pyridine rings is 1. The summed E-state index contributed by atoms with van der Waals surface area (Å²) in [4.78, 5) is 4.00. The quantitative estimate of drug-likeness (QED) is 0.587. The van der Waals surface area contributed by atoms with Gasteiger partial charge in [-0.05, 0) is 23.8 Å². The Bertz CT molecular complexity index is 562. The van der Waals surface area contributed by atoms with Crippen LogP contribution in [-0.2, 0) is 0 Å². The van der Waals surface area contributed by atoms with E-state index in [1.165, 1.54) is 12.1 Å². The second-order valence-electron chi connectivity index (χ2n) is 3.78. The topological polar surface area (TPSA) is 77.0 Å². The van der Waals surface area contributed by atoms with Crippen LogP contribution in [0.3, 0.4) is 0 Å². The van der Waals surface area contributed by atoms with Gasteiger partial charge in [0.05, 0.1) is 11.1 Å². The summed E-state index contributed by atoms with van der Waals surface area (Å²) < 4.78 is 13.1. The summed E-state index contributed by atoms with van der Waals surface area (Å²) in [7, 11) is 0. The van der Waals surface area contributed by atoms with Crippen LogP contribution in [0.1, 0.15) is 17.2 Å². The molecule has 2 rings (SSSR count). The van der Waals surface area contributed by atoms with Crippen molar-refractivity contribution in [3.63, 3.8) is 0 Å². The van der Waals surface area contributed by atoms with Crippen molar-refractivity contribution in [3.8, 4) is 0 Å². The van der Waals surface area contributed by atoms with Gasteiger partial charge < -0.3 is 5.73 Å². The van der Waals surface area contributed by atoms with Crippen molar-refractivity contribution in [1.82, 2.24) is 10.4 Å². The summed E-state index contributed by atoms with van der Waals surface area (Å²) in [6, 6.07) is 5.67. The number of nitrogen functional groups attached to an aromatic ring is 1. The molecule has 1 unspecified atom stereocenters. The highest BCUT2D eigenvalue weighted by Gasteiger charge is 2.16. The lowest BCUT2D eigenvalue weighted by atomic mass is 9.99. The third-order valence-corrected chi connectivity index (χ3v) is 2.93. The lowest BCUT2D eigenvalue weighted by molar-refractivity contribution is 0.616. The molecule has 1 heterocycles. The highest BCUT2D eigenvalue weighted by molar-refractivity contribution is 6.30. The zero-order chi connectivity index (χ0) is 13.1. The predicted octanol–water partition coefficient (Wildman–Crippen LogP) is 2.01. The predicted molar refractivity (Wildman–Crippen MR) is 69.2 cm³/mol. The van der Waals surface area contributed by atoms with Gasteiger partial charge in [-0.2, -0.15) is 0 Å². The molecule has 0 saturated carbocycles. The minimum absolute atomic E-state index is 0.0372. The maximum absolute atomic E-state index is 13.1. The fourth-order valence-electron chi connectivity index (χ4n) is 1.72. The highest BCUT2D eigenvalue weighted by Crippen LogP contribution is 2.27. The minimum Gasteiger partial charge on any atom is -0.398 e. The molecule has 18 heavy (non-hydrogen) atoms. The van der Waals surface area contributed by atoms with E-state index in [4.69, 9.17) is 23.2 Å². The fraction of sp³-hybridized carbons (Fsp3) is 0.0833. The first-order valence-electron chi connectivity index (χ1n) is 5.24. The van der Waals surface area contributed by atoms with Crippen LogP contribution in [0.15, 0.2) is 36.7 Å². The number of hydrazine groups is 1. The highest BCUT2D eigenvalue weighted by atomic mass is 35.5. The van der Waals surface area contributed by atoms with Gasteiger partial charge in [-0.1, -0.05) is 17.7 Å². The van der Waals surface area contributed by atoms with Gasteiger partial charge in [0.15, 0.2) is 0 Å². The molecule has 94 valence electrons. The summed E-state index contributed by atoms with van der Waals surface area (Å²) >= 11 is 5.75. The number of halogens is 2. The van der Waals surface area contributed by atoms with Crippen LogP contribution in [0.25, 0.3) is 0 Å². The molecule has 0 radical (unpaired) electrons. The lowest BCUT2D eigenvalue weighted by Gasteiger charge is -2.18. The zero-order valence-corrected chi connectivity index (χ0v) is 10.2. The second-order valence-corrected chi connectivity index (χ2v) is 4.19. The van der Waals surface area contributed by atoms with Crippen LogP contribution >= 0.6 is 11.6 Å². The number of hydrogen-bond acceptors (Lipinski definition) is 4. The van der Waals surface area contributed by atoms with E-state index in [1.54, 1.807) is 24.5 Å². The van der Waals surface area contributed by atoms with Crippen molar-refractivity contribution >= 4 is 17.3 Å². The Labute approximate surface area is 109 Å². The van der Waals surface area contributed by atoms with Crippen molar-refractivity contribution in [2.45, 2.75) is 6.04 Å². The van der Waals surface area contributed by atoms with Crippen molar-refractivity contribution in [1.29, 1.82) is 0 Å². The molecule has 0 aliphatic carbocycles. The van der Waals surface area contributed by atoms with Gasteiger partial charge in [-0.15, -0.1) is 0 Å². The summed E-state index contributed by atoms with van der Waals surface area (Å²) in [6.07, 6.45) is 3.20. The van der Waals surface area contributed by atoms with E-state index in [0.29, 0.717) is 16.8 Å². The molecule has 0 aliphatic heterocycles.